The number of methoxy groups -OCH3 is 3. The lowest BCUT2D eigenvalue weighted by Gasteiger charge is -2.42. The standard InChI is InChI=1S/C53H83NO13P/c1-32-17-13-12-14-18-33(2)44(63-8)29-41-23-20-38(7)53(61,67-41)50(58)51(59)54-24-16-15-19-42(54)52(60)66-45(35(4)27-39-21-22-40(31-68(11)62)46(28-39)64-9)30-43(55)34(3)26-37(6)48(57)49(65-10)47(56)36(5)25-32/h12-14,17-18,26,32,34-36,38-42,44-46,48-49,57,61H,15-16,19-25,27-31H2,1-11H3/q+1/b14-12?,17-13+,33-18?,37-26+/t32-,34-,35-,36-,38-,39+,40?,41?,42?,44+,45+,46-,48-,49+,53-/m1/s1. The van der Waals surface area contributed by atoms with Crippen molar-refractivity contribution in [3.05, 3.63) is 47.6 Å². The van der Waals surface area contributed by atoms with Crippen LogP contribution in [0.25, 0.3) is 0 Å². The first-order chi connectivity index (χ1) is 32.1. The highest BCUT2D eigenvalue weighted by molar-refractivity contribution is 7.43. The molecule has 1 amide bonds. The monoisotopic (exact) mass is 973 g/mol. The van der Waals surface area contributed by atoms with Crippen molar-refractivity contribution in [2.24, 2.45) is 41.4 Å². The van der Waals surface area contributed by atoms with Gasteiger partial charge in [0.1, 0.15) is 36.8 Å². The molecule has 14 nitrogen and oxygen atoms in total. The van der Waals surface area contributed by atoms with Crippen molar-refractivity contribution in [2.45, 2.75) is 174 Å². The van der Waals surface area contributed by atoms with E-state index in [4.69, 9.17) is 23.7 Å². The molecule has 3 heterocycles. The van der Waals surface area contributed by atoms with Gasteiger partial charge in [0.2, 0.25) is 5.79 Å². The van der Waals surface area contributed by atoms with E-state index in [0.29, 0.717) is 56.7 Å². The average Bonchev–Trinajstić information content (AvgIpc) is 3.30. The molecule has 0 aromatic carbocycles. The number of ether oxygens (including phenoxy) is 5. The Kier molecular flexibility index (Phi) is 22.6. The predicted octanol–water partition coefficient (Wildman–Crippen LogP) is 7.89. The highest BCUT2D eigenvalue weighted by atomic mass is 31.1. The molecule has 2 saturated heterocycles. The summed E-state index contributed by atoms with van der Waals surface area (Å²) >= 11 is 0. The minimum absolute atomic E-state index is 0.0181. The lowest BCUT2D eigenvalue weighted by molar-refractivity contribution is -0.265. The van der Waals surface area contributed by atoms with Gasteiger partial charge in [0.15, 0.2) is 11.9 Å². The zero-order chi connectivity index (χ0) is 50.5. The molecule has 3 aliphatic heterocycles. The number of carbonyl (C=O) groups excluding carboxylic acids is 5. The lowest BCUT2D eigenvalue weighted by Crippen LogP contribution is -2.61. The molecule has 16 atom stereocenters. The summed E-state index contributed by atoms with van der Waals surface area (Å²) in [5, 5.41) is 23.5. The third-order valence-corrected chi connectivity index (χ3v) is 16.1. The number of rotatable bonds is 8. The van der Waals surface area contributed by atoms with Crippen molar-refractivity contribution in [2.75, 3.05) is 40.7 Å². The van der Waals surface area contributed by atoms with E-state index in [0.717, 1.165) is 24.8 Å². The van der Waals surface area contributed by atoms with Gasteiger partial charge in [0, 0.05) is 64.4 Å². The van der Waals surface area contributed by atoms with Crippen LogP contribution in [0.1, 0.15) is 126 Å². The second-order valence-electron chi connectivity index (χ2n) is 20.6. The first kappa shape index (κ1) is 57.3. The zero-order valence-electron chi connectivity index (χ0n) is 42.7. The van der Waals surface area contributed by atoms with Gasteiger partial charge in [0.25, 0.3) is 11.7 Å². The number of piperidine rings is 1. The van der Waals surface area contributed by atoms with Crippen molar-refractivity contribution < 1.29 is 62.4 Å². The summed E-state index contributed by atoms with van der Waals surface area (Å²) in [6.45, 7) is 14.5. The summed E-state index contributed by atoms with van der Waals surface area (Å²) < 4.78 is 42.0. The molecule has 382 valence electrons. The number of fused-ring (bicyclic) bond motifs is 3. The number of Topliss-reactive ketones (excluding diaryl/α,β-unsaturated/α-hetero) is 3. The van der Waals surface area contributed by atoms with Crippen molar-refractivity contribution in [3.8, 4) is 0 Å². The van der Waals surface area contributed by atoms with Gasteiger partial charge >= 0.3 is 13.8 Å². The molecule has 1 saturated carbocycles. The summed E-state index contributed by atoms with van der Waals surface area (Å²) in [6, 6.07) is -1.14. The summed E-state index contributed by atoms with van der Waals surface area (Å²) in [5.41, 5.74) is 1.27. The number of hydrogen-bond donors (Lipinski definition) is 2. The highest BCUT2D eigenvalue weighted by Gasteiger charge is 2.53. The van der Waals surface area contributed by atoms with E-state index in [9.17, 15) is 38.8 Å². The number of aliphatic hydroxyl groups is 2. The van der Waals surface area contributed by atoms with E-state index in [1.807, 2.05) is 58.1 Å². The van der Waals surface area contributed by atoms with Crippen molar-refractivity contribution in [1.82, 2.24) is 4.90 Å². The van der Waals surface area contributed by atoms with E-state index in [1.54, 1.807) is 47.7 Å². The van der Waals surface area contributed by atoms with E-state index in [1.165, 1.54) is 12.0 Å². The molecule has 2 N–H and O–H groups in total. The number of allylic oxidation sites excluding steroid dienone is 6. The van der Waals surface area contributed by atoms with Gasteiger partial charge < -0.3 is 38.8 Å². The van der Waals surface area contributed by atoms with Gasteiger partial charge in [-0.15, -0.1) is 0 Å². The van der Waals surface area contributed by atoms with Crippen LogP contribution in [0.5, 0.6) is 0 Å². The minimum atomic E-state index is -2.43. The zero-order valence-corrected chi connectivity index (χ0v) is 43.6. The number of cyclic esters (lactones) is 1. The summed E-state index contributed by atoms with van der Waals surface area (Å²) in [5.74, 6) is -7.68. The molecule has 0 spiro atoms. The summed E-state index contributed by atoms with van der Waals surface area (Å²) in [6.07, 6.45) is 13.3. The Hall–Kier alpha value is -3.23. The molecule has 4 unspecified atom stereocenters. The smallest absolute Gasteiger partial charge is 0.335 e. The number of amides is 1. The Morgan fingerprint density at radius 1 is 0.882 bits per heavy atom. The topological polar surface area (TPSA) is 192 Å². The first-order valence-electron chi connectivity index (χ1n) is 25.0. The van der Waals surface area contributed by atoms with Gasteiger partial charge in [-0.2, -0.15) is 0 Å². The molecular formula is C53H83NO13P+. The first-order valence-corrected chi connectivity index (χ1v) is 26.9. The van der Waals surface area contributed by atoms with Crippen LogP contribution in [0.15, 0.2) is 47.6 Å². The second-order valence-corrected chi connectivity index (χ2v) is 22.2. The fourth-order valence-electron chi connectivity index (χ4n) is 10.8. The van der Waals surface area contributed by atoms with Crippen molar-refractivity contribution in [3.63, 3.8) is 0 Å². The molecule has 0 aromatic rings. The lowest BCUT2D eigenvalue weighted by atomic mass is 9.75. The van der Waals surface area contributed by atoms with Crippen molar-refractivity contribution in [1.29, 1.82) is 0 Å². The molecule has 4 aliphatic rings. The quantitative estimate of drug-likeness (QED) is 0.103. The van der Waals surface area contributed by atoms with E-state index in [2.05, 4.69) is 0 Å². The van der Waals surface area contributed by atoms with Crippen LogP contribution >= 0.6 is 7.80 Å². The Morgan fingerprint density at radius 3 is 2.26 bits per heavy atom. The third-order valence-electron chi connectivity index (χ3n) is 15.1. The third kappa shape index (κ3) is 15.4. The predicted molar refractivity (Wildman–Crippen MR) is 261 cm³/mol. The van der Waals surface area contributed by atoms with Gasteiger partial charge in [-0.1, -0.05) is 75.6 Å². The minimum Gasteiger partial charge on any atom is -0.460 e. The number of carbonyl (C=O) groups is 5. The Morgan fingerprint density at radius 2 is 1.60 bits per heavy atom. The van der Waals surface area contributed by atoms with Crippen LogP contribution in [0.3, 0.4) is 0 Å². The number of ketones is 3. The maximum absolute atomic E-state index is 14.5. The normalized spacial score (nSPS) is 38.1. The molecule has 3 fully saturated rings. The molecule has 0 radical (unpaired) electrons. The Bertz CT molecular complexity index is 1880. The van der Waals surface area contributed by atoms with Crippen LogP contribution in [0.4, 0.5) is 0 Å². The Balaban J connectivity index is 1.70. The van der Waals surface area contributed by atoms with Crippen molar-refractivity contribution >= 4 is 37.0 Å². The van der Waals surface area contributed by atoms with Gasteiger partial charge in [-0.3, -0.25) is 19.2 Å². The number of aliphatic hydroxyl groups excluding tert-OH is 1. The summed E-state index contributed by atoms with van der Waals surface area (Å²) in [7, 11) is 3.30. The second kappa shape index (κ2) is 26.8. The van der Waals surface area contributed by atoms with E-state index in [-0.39, 0.29) is 60.7 Å². The molecule has 15 heteroatoms. The van der Waals surface area contributed by atoms with Gasteiger partial charge in [0.05, 0.1) is 18.3 Å². The van der Waals surface area contributed by atoms with E-state index < -0.39 is 85.6 Å². The maximum atomic E-state index is 14.5. The van der Waals surface area contributed by atoms with Crippen LogP contribution in [-0.2, 0) is 52.2 Å². The fraction of sp³-hybridized carbons (Fsp3) is 0.755. The maximum Gasteiger partial charge on any atom is 0.335 e. The van der Waals surface area contributed by atoms with Gasteiger partial charge in [-0.05, 0) is 107 Å². The molecule has 2 bridgehead atoms. The summed E-state index contributed by atoms with van der Waals surface area (Å²) in [4.78, 5) is 72.2. The molecule has 68 heavy (non-hydrogen) atoms. The Labute approximate surface area is 406 Å². The largest absolute Gasteiger partial charge is 0.460 e. The number of esters is 1. The van der Waals surface area contributed by atoms with Crippen LogP contribution in [0.2, 0.25) is 0 Å². The molecular weight excluding hydrogens is 890 g/mol. The number of hydrogen-bond acceptors (Lipinski definition) is 13. The average molecular weight is 973 g/mol. The van der Waals surface area contributed by atoms with Crippen LogP contribution in [-0.4, -0.2) is 133 Å². The van der Waals surface area contributed by atoms with Crippen LogP contribution in [0, 0.1) is 41.4 Å². The fourth-order valence-corrected chi connectivity index (χ4v) is 11.8. The molecule has 4 rings (SSSR count). The van der Waals surface area contributed by atoms with E-state index >= 15 is 0 Å². The van der Waals surface area contributed by atoms with Gasteiger partial charge in [-0.25, -0.2) is 4.79 Å². The molecule has 0 aromatic heterocycles. The molecule has 1 aliphatic carbocycles. The SMILES string of the molecule is CO[C@H]1CC2CC[C@@H](C)[C@@](O)(O2)C(=O)C(=O)N2CCCCC2C(=O)O[C@H]([C@H](C)C[C@@H]2CCC(C[P+](C)=O)[C@H](OC)C2)CC(=O)[C@H](C)/C=C(\C)[C@@H](O)[C@@H](OC)C(=O)[C@H](C)C[C@H](C)/C=C/C=CC=C1C. The number of nitrogens with zero attached hydrogens (tertiary/aromatic N) is 1. The highest BCUT2D eigenvalue weighted by Crippen LogP contribution is 2.40. The van der Waals surface area contributed by atoms with Crippen LogP contribution < -0.4 is 0 Å².